The molecule has 8 heteroatoms. The Morgan fingerprint density at radius 1 is 1.10 bits per heavy atom. The van der Waals surface area contributed by atoms with Crippen molar-refractivity contribution in [2.75, 3.05) is 36.4 Å². The van der Waals surface area contributed by atoms with Crippen molar-refractivity contribution < 1.29 is 9.21 Å². The molecule has 0 spiro atoms. The number of aryl methyl sites for hydroxylation is 1. The van der Waals surface area contributed by atoms with Gasteiger partial charge in [0, 0.05) is 37.6 Å². The first-order valence-electron chi connectivity index (χ1n) is 10.3. The van der Waals surface area contributed by atoms with E-state index < -0.39 is 11.5 Å². The summed E-state index contributed by atoms with van der Waals surface area (Å²) < 4.78 is 5.22. The van der Waals surface area contributed by atoms with Gasteiger partial charge in [0.15, 0.2) is 0 Å². The Balaban J connectivity index is 1.35. The van der Waals surface area contributed by atoms with E-state index in [0.29, 0.717) is 29.9 Å². The van der Waals surface area contributed by atoms with Crippen LogP contribution in [0.3, 0.4) is 0 Å². The summed E-state index contributed by atoms with van der Waals surface area (Å²) in [5.74, 6) is 1.91. The van der Waals surface area contributed by atoms with Gasteiger partial charge >= 0.3 is 5.63 Å². The molecule has 0 saturated carbocycles. The maximum absolute atomic E-state index is 12.4. The zero-order valence-corrected chi connectivity index (χ0v) is 17.0. The van der Waals surface area contributed by atoms with Crippen LogP contribution in [-0.2, 0) is 0 Å². The van der Waals surface area contributed by atoms with Crippen LogP contribution in [-0.4, -0.2) is 42.1 Å². The molecule has 1 aliphatic rings. The van der Waals surface area contributed by atoms with Crippen molar-refractivity contribution in [3.8, 4) is 0 Å². The van der Waals surface area contributed by atoms with Gasteiger partial charge in [0.2, 0.25) is 0 Å². The van der Waals surface area contributed by atoms with Crippen LogP contribution in [0.5, 0.6) is 0 Å². The monoisotopic (exact) mass is 407 g/mol. The molecular weight excluding hydrogens is 382 g/mol. The minimum absolute atomic E-state index is 0.000958. The van der Waals surface area contributed by atoms with Gasteiger partial charge in [-0.1, -0.05) is 18.2 Å². The maximum Gasteiger partial charge on any atom is 0.349 e. The quantitative estimate of drug-likeness (QED) is 0.479. The molecule has 0 radical (unpaired) electrons. The molecule has 3 aromatic rings. The third-order valence-electron chi connectivity index (χ3n) is 5.11. The number of amides is 1. The SMILES string of the molecule is Cc1nc(NCCNC(=O)c2cc3ccccc3oc2=O)cc(N2CCCCC2)n1. The lowest BCUT2D eigenvalue weighted by Crippen LogP contribution is -2.32. The van der Waals surface area contributed by atoms with Crippen LogP contribution in [0.15, 0.2) is 45.6 Å². The molecule has 0 unspecified atom stereocenters. The Kier molecular flexibility index (Phi) is 5.92. The Hall–Kier alpha value is -3.42. The first kappa shape index (κ1) is 19.9. The number of hydrogen-bond donors (Lipinski definition) is 2. The highest BCUT2D eigenvalue weighted by atomic mass is 16.4. The van der Waals surface area contributed by atoms with E-state index in [1.807, 2.05) is 19.1 Å². The minimum atomic E-state index is -0.642. The molecule has 3 heterocycles. The number of carbonyl (C=O) groups is 1. The molecular formula is C22H25N5O3. The topological polar surface area (TPSA) is 100 Å². The van der Waals surface area contributed by atoms with E-state index in [1.165, 1.54) is 19.3 Å². The summed E-state index contributed by atoms with van der Waals surface area (Å²) in [5, 5.41) is 6.68. The van der Waals surface area contributed by atoms with E-state index in [1.54, 1.807) is 24.3 Å². The van der Waals surface area contributed by atoms with Gasteiger partial charge in [-0.3, -0.25) is 4.79 Å². The zero-order chi connectivity index (χ0) is 20.9. The average molecular weight is 407 g/mol. The number of piperidine rings is 1. The van der Waals surface area contributed by atoms with Gasteiger partial charge in [0.25, 0.3) is 5.91 Å². The molecule has 1 amide bonds. The number of benzene rings is 1. The summed E-state index contributed by atoms with van der Waals surface area (Å²) in [7, 11) is 0. The third-order valence-corrected chi connectivity index (χ3v) is 5.11. The number of nitrogens with zero attached hydrogens (tertiary/aromatic N) is 3. The van der Waals surface area contributed by atoms with Crippen LogP contribution in [0.2, 0.25) is 0 Å². The van der Waals surface area contributed by atoms with Crippen molar-refractivity contribution in [3.63, 3.8) is 0 Å². The van der Waals surface area contributed by atoms with Gasteiger partial charge < -0.3 is 20.0 Å². The van der Waals surface area contributed by atoms with Crippen LogP contribution in [0.4, 0.5) is 11.6 Å². The van der Waals surface area contributed by atoms with E-state index in [-0.39, 0.29) is 5.56 Å². The number of hydrogen-bond acceptors (Lipinski definition) is 7. The van der Waals surface area contributed by atoms with Crippen LogP contribution in [0, 0.1) is 6.92 Å². The normalized spacial score (nSPS) is 14.0. The molecule has 1 saturated heterocycles. The number of para-hydroxylation sites is 1. The molecule has 1 fully saturated rings. The van der Waals surface area contributed by atoms with Crippen molar-refractivity contribution in [1.82, 2.24) is 15.3 Å². The number of carbonyl (C=O) groups excluding carboxylic acids is 1. The van der Waals surface area contributed by atoms with Gasteiger partial charge in [-0.05, 0) is 38.3 Å². The maximum atomic E-state index is 12.4. The van der Waals surface area contributed by atoms with Gasteiger partial charge in [-0.2, -0.15) is 0 Å². The number of anilines is 2. The summed E-state index contributed by atoms with van der Waals surface area (Å²) in [4.78, 5) is 35.7. The minimum Gasteiger partial charge on any atom is -0.422 e. The van der Waals surface area contributed by atoms with Crippen LogP contribution >= 0.6 is 0 Å². The lowest BCUT2D eigenvalue weighted by atomic mass is 10.1. The van der Waals surface area contributed by atoms with Gasteiger partial charge in [0.1, 0.15) is 28.6 Å². The highest BCUT2D eigenvalue weighted by Crippen LogP contribution is 2.20. The van der Waals surface area contributed by atoms with Crippen molar-refractivity contribution in [2.24, 2.45) is 0 Å². The molecule has 0 aliphatic carbocycles. The molecule has 1 aromatic carbocycles. The number of aromatic nitrogens is 2. The summed E-state index contributed by atoms with van der Waals surface area (Å²) in [6.45, 7) is 4.72. The van der Waals surface area contributed by atoms with Crippen LogP contribution in [0.25, 0.3) is 11.0 Å². The molecule has 8 nitrogen and oxygen atoms in total. The highest BCUT2D eigenvalue weighted by Gasteiger charge is 2.15. The second kappa shape index (κ2) is 8.94. The highest BCUT2D eigenvalue weighted by molar-refractivity contribution is 5.96. The lowest BCUT2D eigenvalue weighted by molar-refractivity contribution is 0.0951. The molecule has 30 heavy (non-hydrogen) atoms. The molecule has 2 N–H and O–H groups in total. The molecule has 0 atom stereocenters. The largest absolute Gasteiger partial charge is 0.422 e. The smallest absolute Gasteiger partial charge is 0.349 e. The average Bonchev–Trinajstić information content (AvgIpc) is 2.76. The fourth-order valence-corrected chi connectivity index (χ4v) is 3.61. The second-order valence-corrected chi connectivity index (χ2v) is 7.37. The third kappa shape index (κ3) is 4.59. The van der Waals surface area contributed by atoms with Crippen LogP contribution < -0.4 is 21.2 Å². The van der Waals surface area contributed by atoms with Gasteiger partial charge in [-0.15, -0.1) is 0 Å². The van der Waals surface area contributed by atoms with E-state index in [4.69, 9.17) is 4.42 Å². The fourth-order valence-electron chi connectivity index (χ4n) is 3.61. The molecule has 4 rings (SSSR count). The molecule has 156 valence electrons. The van der Waals surface area contributed by atoms with Crippen molar-refractivity contribution in [3.05, 3.63) is 58.2 Å². The number of rotatable bonds is 6. The van der Waals surface area contributed by atoms with E-state index in [9.17, 15) is 9.59 Å². The zero-order valence-electron chi connectivity index (χ0n) is 17.0. The number of nitrogens with one attached hydrogen (secondary N) is 2. The predicted octanol–water partition coefficient (Wildman–Crippen LogP) is 2.72. The van der Waals surface area contributed by atoms with E-state index in [2.05, 4.69) is 25.5 Å². The Morgan fingerprint density at radius 3 is 2.73 bits per heavy atom. The summed E-state index contributed by atoms with van der Waals surface area (Å²) in [5.41, 5.74) is -0.180. The standard InChI is InChI=1S/C22H25N5O3/c1-15-25-19(14-20(26-15)27-11-5-2-6-12-27)23-9-10-24-21(28)17-13-16-7-3-4-8-18(16)30-22(17)29/h3-4,7-8,13-14H,2,5-6,9-12H2,1H3,(H,24,28)(H,23,25,26). The Morgan fingerprint density at radius 2 is 1.90 bits per heavy atom. The number of fused-ring (bicyclic) bond motifs is 1. The molecule has 2 aromatic heterocycles. The van der Waals surface area contributed by atoms with Crippen molar-refractivity contribution >= 4 is 28.5 Å². The second-order valence-electron chi connectivity index (χ2n) is 7.37. The predicted molar refractivity (Wildman–Crippen MR) is 116 cm³/mol. The summed E-state index contributed by atoms with van der Waals surface area (Å²) >= 11 is 0. The first-order chi connectivity index (χ1) is 14.6. The Labute approximate surface area is 174 Å². The Bertz CT molecular complexity index is 1110. The van der Waals surface area contributed by atoms with Gasteiger partial charge in [-0.25, -0.2) is 14.8 Å². The fraction of sp³-hybridized carbons (Fsp3) is 0.364. The summed E-state index contributed by atoms with van der Waals surface area (Å²) in [6.07, 6.45) is 3.63. The first-order valence-corrected chi connectivity index (χ1v) is 10.3. The van der Waals surface area contributed by atoms with Gasteiger partial charge in [0.05, 0.1) is 0 Å². The van der Waals surface area contributed by atoms with E-state index >= 15 is 0 Å². The molecule has 1 aliphatic heterocycles. The van der Waals surface area contributed by atoms with Crippen molar-refractivity contribution in [1.29, 1.82) is 0 Å². The van der Waals surface area contributed by atoms with E-state index in [0.717, 1.165) is 24.7 Å². The lowest BCUT2D eigenvalue weighted by Gasteiger charge is -2.28. The summed E-state index contributed by atoms with van der Waals surface area (Å²) in [6, 6.07) is 10.6. The molecule has 0 bridgehead atoms. The van der Waals surface area contributed by atoms with Crippen LogP contribution in [0.1, 0.15) is 35.4 Å². The van der Waals surface area contributed by atoms with Crippen molar-refractivity contribution in [2.45, 2.75) is 26.2 Å².